The first kappa shape index (κ1) is 9.46. The zero-order chi connectivity index (χ0) is 9.97. The molecule has 0 bridgehead atoms. The van der Waals surface area contributed by atoms with Gasteiger partial charge in [0.05, 0.1) is 4.47 Å². The molecule has 1 aliphatic heterocycles. The zero-order valence-corrected chi connectivity index (χ0v) is 9.04. The fourth-order valence-corrected chi connectivity index (χ4v) is 1.57. The van der Waals surface area contributed by atoms with Crippen LogP contribution in [0.25, 0.3) is 0 Å². The van der Waals surface area contributed by atoms with Gasteiger partial charge in [-0.15, -0.1) is 0 Å². The molecule has 1 aromatic carbocycles. The number of benzene rings is 1. The van der Waals surface area contributed by atoms with Gasteiger partial charge in [-0.05, 0) is 40.2 Å². The maximum absolute atomic E-state index is 13.2. The molecular weight excluding hydrogens is 245 g/mol. The second-order valence-corrected chi connectivity index (χ2v) is 3.87. The normalized spacial score (nSPS) is 14.9. The monoisotopic (exact) mass is 253 g/mol. The van der Waals surface area contributed by atoms with Gasteiger partial charge in [-0.3, -0.25) is 0 Å². The van der Waals surface area contributed by atoms with Crippen LogP contribution in [0.5, 0.6) is 0 Å². The second kappa shape index (κ2) is 3.96. The molecule has 0 spiro atoms. The van der Waals surface area contributed by atoms with E-state index in [2.05, 4.69) is 15.9 Å². The molecule has 0 radical (unpaired) electrons. The molecule has 1 aliphatic rings. The van der Waals surface area contributed by atoms with Crippen molar-refractivity contribution in [1.82, 2.24) is 0 Å². The minimum atomic E-state index is -0.231. The summed E-state index contributed by atoms with van der Waals surface area (Å²) in [5.41, 5.74) is 0.867. The highest BCUT2D eigenvalue weighted by atomic mass is 79.9. The van der Waals surface area contributed by atoms with Crippen LogP contribution in [0, 0.1) is 5.82 Å². The number of hydrogen-bond donors (Lipinski definition) is 0. The highest BCUT2D eigenvalue weighted by Crippen LogP contribution is 2.23. The van der Waals surface area contributed by atoms with Gasteiger partial charge in [-0.1, -0.05) is 12.2 Å². The smallest absolute Gasteiger partial charge is 0.139 e. The van der Waals surface area contributed by atoms with Gasteiger partial charge in [-0.2, -0.15) is 0 Å². The Bertz CT molecular complexity index is 398. The van der Waals surface area contributed by atoms with E-state index in [1.54, 1.807) is 6.07 Å². The van der Waals surface area contributed by atoms with E-state index in [1.165, 1.54) is 6.07 Å². The Labute approximate surface area is 90.7 Å². The van der Waals surface area contributed by atoms with Crippen molar-refractivity contribution in [3.8, 4) is 0 Å². The maximum atomic E-state index is 13.2. The summed E-state index contributed by atoms with van der Waals surface area (Å²) < 4.78 is 13.7. The lowest BCUT2D eigenvalue weighted by Gasteiger charge is -2.20. The lowest BCUT2D eigenvalue weighted by Crippen LogP contribution is -2.17. The van der Waals surface area contributed by atoms with E-state index in [9.17, 15) is 4.39 Å². The van der Waals surface area contributed by atoms with Crippen molar-refractivity contribution < 1.29 is 4.39 Å². The SMILES string of the molecule is Fc1cc(N2C=CC=CC2)ccc1Br. The van der Waals surface area contributed by atoms with Crippen LogP contribution in [-0.4, -0.2) is 6.54 Å². The minimum absolute atomic E-state index is 0.231. The summed E-state index contributed by atoms with van der Waals surface area (Å²) >= 11 is 3.13. The molecule has 72 valence electrons. The van der Waals surface area contributed by atoms with E-state index in [0.717, 1.165) is 12.2 Å². The minimum Gasteiger partial charge on any atom is -0.344 e. The quantitative estimate of drug-likeness (QED) is 0.741. The van der Waals surface area contributed by atoms with Crippen molar-refractivity contribution in [2.45, 2.75) is 0 Å². The third-order valence-corrected chi connectivity index (χ3v) is 2.69. The summed E-state index contributed by atoms with van der Waals surface area (Å²) in [6.45, 7) is 0.789. The largest absolute Gasteiger partial charge is 0.344 e. The van der Waals surface area contributed by atoms with E-state index in [1.807, 2.05) is 35.4 Å². The molecule has 14 heavy (non-hydrogen) atoms. The van der Waals surface area contributed by atoms with Crippen molar-refractivity contribution in [1.29, 1.82) is 0 Å². The highest BCUT2D eigenvalue weighted by Gasteiger charge is 2.06. The molecular formula is C11H9BrFN. The fourth-order valence-electron chi connectivity index (χ4n) is 1.32. The molecule has 0 unspecified atom stereocenters. The summed E-state index contributed by atoms with van der Waals surface area (Å²) in [4.78, 5) is 1.98. The molecule has 1 aromatic rings. The van der Waals surface area contributed by atoms with Gasteiger partial charge in [-0.25, -0.2) is 4.39 Å². The predicted octanol–water partition coefficient (Wildman–Crippen LogP) is 3.48. The van der Waals surface area contributed by atoms with Crippen LogP contribution >= 0.6 is 15.9 Å². The average Bonchev–Trinajstić information content (AvgIpc) is 2.23. The number of halogens is 2. The van der Waals surface area contributed by atoms with Crippen LogP contribution in [0.1, 0.15) is 0 Å². The number of hydrogen-bond acceptors (Lipinski definition) is 1. The molecule has 0 aromatic heterocycles. The lowest BCUT2D eigenvalue weighted by molar-refractivity contribution is 0.621. The van der Waals surface area contributed by atoms with E-state index in [4.69, 9.17) is 0 Å². The summed E-state index contributed by atoms with van der Waals surface area (Å²) in [7, 11) is 0. The number of allylic oxidation sites excluding steroid dienone is 2. The first-order valence-electron chi connectivity index (χ1n) is 4.32. The Hall–Kier alpha value is -1.09. The maximum Gasteiger partial charge on any atom is 0.139 e. The number of nitrogens with zero attached hydrogens (tertiary/aromatic N) is 1. The third kappa shape index (κ3) is 1.87. The molecule has 1 heterocycles. The van der Waals surface area contributed by atoms with Gasteiger partial charge in [0.2, 0.25) is 0 Å². The van der Waals surface area contributed by atoms with Crippen molar-refractivity contribution in [2.24, 2.45) is 0 Å². The summed E-state index contributed by atoms with van der Waals surface area (Å²) in [5.74, 6) is -0.231. The average molecular weight is 254 g/mol. The molecule has 0 fully saturated rings. The second-order valence-electron chi connectivity index (χ2n) is 3.02. The van der Waals surface area contributed by atoms with Crippen LogP contribution in [0.3, 0.4) is 0 Å². The Morgan fingerprint density at radius 1 is 1.29 bits per heavy atom. The van der Waals surface area contributed by atoms with Gasteiger partial charge < -0.3 is 4.90 Å². The van der Waals surface area contributed by atoms with E-state index >= 15 is 0 Å². The van der Waals surface area contributed by atoms with E-state index in [0.29, 0.717) is 4.47 Å². The van der Waals surface area contributed by atoms with Gasteiger partial charge in [0, 0.05) is 18.4 Å². The van der Waals surface area contributed by atoms with Crippen molar-refractivity contribution in [3.63, 3.8) is 0 Å². The molecule has 0 saturated heterocycles. The van der Waals surface area contributed by atoms with Crippen molar-refractivity contribution in [3.05, 3.63) is 52.9 Å². The van der Waals surface area contributed by atoms with Gasteiger partial charge in [0.15, 0.2) is 0 Å². The topological polar surface area (TPSA) is 3.24 Å². The van der Waals surface area contributed by atoms with Crippen LogP contribution in [0.15, 0.2) is 47.1 Å². The first-order chi connectivity index (χ1) is 6.77. The first-order valence-corrected chi connectivity index (χ1v) is 5.12. The number of rotatable bonds is 1. The zero-order valence-electron chi connectivity index (χ0n) is 7.45. The van der Waals surface area contributed by atoms with Crippen LogP contribution in [-0.2, 0) is 0 Å². The van der Waals surface area contributed by atoms with Crippen LogP contribution < -0.4 is 4.90 Å². The Morgan fingerprint density at radius 2 is 2.14 bits per heavy atom. The molecule has 3 heteroatoms. The third-order valence-electron chi connectivity index (χ3n) is 2.05. The van der Waals surface area contributed by atoms with Crippen LogP contribution in [0.2, 0.25) is 0 Å². The molecule has 0 saturated carbocycles. The fraction of sp³-hybridized carbons (Fsp3) is 0.0909. The summed E-state index contributed by atoms with van der Waals surface area (Å²) in [6, 6.07) is 5.13. The van der Waals surface area contributed by atoms with E-state index < -0.39 is 0 Å². The molecule has 1 nitrogen and oxygen atoms in total. The Morgan fingerprint density at radius 3 is 2.79 bits per heavy atom. The van der Waals surface area contributed by atoms with Crippen LogP contribution in [0.4, 0.5) is 10.1 Å². The molecule has 2 rings (SSSR count). The molecule has 0 amide bonds. The Kier molecular flexibility index (Phi) is 2.68. The summed E-state index contributed by atoms with van der Waals surface area (Å²) in [6.07, 6.45) is 7.87. The van der Waals surface area contributed by atoms with Crippen molar-refractivity contribution in [2.75, 3.05) is 11.4 Å². The predicted molar refractivity (Wildman–Crippen MR) is 59.7 cm³/mol. The molecule has 0 atom stereocenters. The van der Waals surface area contributed by atoms with Gasteiger partial charge in [0.1, 0.15) is 5.82 Å². The highest BCUT2D eigenvalue weighted by molar-refractivity contribution is 9.10. The Balaban J connectivity index is 2.28. The molecule has 0 aliphatic carbocycles. The van der Waals surface area contributed by atoms with E-state index in [-0.39, 0.29) is 5.82 Å². The van der Waals surface area contributed by atoms with Crippen molar-refractivity contribution >= 4 is 21.6 Å². The standard InChI is InChI=1S/C11H9BrFN/c12-10-5-4-9(8-11(10)13)14-6-2-1-3-7-14/h1-6,8H,7H2. The van der Waals surface area contributed by atoms with Gasteiger partial charge >= 0.3 is 0 Å². The number of anilines is 1. The van der Waals surface area contributed by atoms with Gasteiger partial charge in [0.25, 0.3) is 0 Å². The molecule has 0 N–H and O–H groups in total. The lowest BCUT2D eigenvalue weighted by atomic mass is 10.2. The summed E-state index contributed by atoms with van der Waals surface area (Å²) in [5, 5.41) is 0.